The molecule has 2 atom stereocenters. The molecule has 0 spiro atoms. The number of amides is 2. The van der Waals surface area contributed by atoms with E-state index in [-0.39, 0.29) is 13.4 Å². The third-order valence-electron chi connectivity index (χ3n) is 6.34. The van der Waals surface area contributed by atoms with Crippen LogP contribution < -0.4 is 19.5 Å². The lowest BCUT2D eigenvalue weighted by Gasteiger charge is -2.31. The summed E-state index contributed by atoms with van der Waals surface area (Å²) in [6.45, 7) is 0.149. The summed E-state index contributed by atoms with van der Waals surface area (Å²) in [5.41, 5.74) is 3.12. The van der Waals surface area contributed by atoms with Gasteiger partial charge in [0.1, 0.15) is 12.5 Å². The molecule has 1 aromatic heterocycles. The number of hydrogen-bond donors (Lipinski definition) is 1. The summed E-state index contributed by atoms with van der Waals surface area (Å²) in [5, 5.41) is 12.0. The monoisotopic (exact) mass is 512 g/mol. The number of pyridine rings is 1. The zero-order chi connectivity index (χ0) is 26.5. The van der Waals surface area contributed by atoms with E-state index in [2.05, 4.69) is 21.4 Å². The number of urea groups is 1. The number of ether oxygens (including phenoxy) is 4. The number of nitrogens with one attached hydrogen (secondary N) is 1. The predicted octanol–water partition coefficient (Wildman–Crippen LogP) is 3.89. The SMILES string of the molecule is COc1ccc(C2NC(=O)N=C(CCc3ccc4c(c3)OCO4)C2C(=O)OCc2cccc(C#N)c2)cn1. The van der Waals surface area contributed by atoms with Crippen molar-refractivity contribution in [3.8, 4) is 23.4 Å². The van der Waals surface area contributed by atoms with Crippen molar-refractivity contribution in [1.82, 2.24) is 10.3 Å². The molecule has 0 saturated heterocycles. The largest absolute Gasteiger partial charge is 0.481 e. The Kier molecular flexibility index (Phi) is 7.17. The van der Waals surface area contributed by atoms with Crippen molar-refractivity contribution >= 4 is 17.7 Å². The van der Waals surface area contributed by atoms with E-state index in [4.69, 9.17) is 24.2 Å². The first-order valence-corrected chi connectivity index (χ1v) is 12.0. The first-order chi connectivity index (χ1) is 18.5. The van der Waals surface area contributed by atoms with Crippen molar-refractivity contribution < 1.29 is 28.5 Å². The van der Waals surface area contributed by atoms with Gasteiger partial charge in [-0.2, -0.15) is 5.26 Å². The van der Waals surface area contributed by atoms with Crippen LogP contribution in [0.2, 0.25) is 0 Å². The minimum absolute atomic E-state index is 0.0260. The van der Waals surface area contributed by atoms with E-state index in [9.17, 15) is 9.59 Å². The number of esters is 1. The van der Waals surface area contributed by atoms with Crippen LogP contribution in [0, 0.1) is 17.2 Å². The molecule has 10 nitrogen and oxygen atoms in total. The smallest absolute Gasteiger partial charge is 0.341 e. The number of nitriles is 1. The molecule has 2 aromatic carbocycles. The number of methoxy groups -OCH3 is 1. The van der Waals surface area contributed by atoms with Crippen molar-refractivity contribution in [1.29, 1.82) is 5.26 Å². The number of nitrogens with zero attached hydrogens (tertiary/aromatic N) is 3. The molecule has 2 aliphatic heterocycles. The van der Waals surface area contributed by atoms with Gasteiger partial charge in [-0.1, -0.05) is 24.3 Å². The third kappa shape index (κ3) is 5.42. The lowest BCUT2D eigenvalue weighted by Crippen LogP contribution is -2.45. The van der Waals surface area contributed by atoms with Crippen LogP contribution >= 0.6 is 0 Å². The van der Waals surface area contributed by atoms with Crippen molar-refractivity contribution in [3.05, 3.63) is 83.0 Å². The highest BCUT2D eigenvalue weighted by Gasteiger charge is 2.40. The molecular formula is C28H24N4O6. The number of fused-ring (bicyclic) bond motifs is 1. The summed E-state index contributed by atoms with van der Waals surface area (Å²) in [4.78, 5) is 34.5. The van der Waals surface area contributed by atoms with E-state index >= 15 is 0 Å². The number of aliphatic imine (C=N–C) groups is 1. The second-order valence-corrected chi connectivity index (χ2v) is 8.75. The summed E-state index contributed by atoms with van der Waals surface area (Å²) in [6, 6.07) is 16.7. The molecule has 0 saturated carbocycles. The fraction of sp³-hybridized carbons (Fsp3) is 0.250. The van der Waals surface area contributed by atoms with Crippen LogP contribution in [-0.4, -0.2) is 36.6 Å². The average Bonchev–Trinajstić information content (AvgIpc) is 3.42. The molecule has 3 heterocycles. The molecule has 0 radical (unpaired) electrons. The highest BCUT2D eigenvalue weighted by molar-refractivity contribution is 6.09. The summed E-state index contributed by atoms with van der Waals surface area (Å²) < 4.78 is 21.7. The number of rotatable bonds is 8. The quantitative estimate of drug-likeness (QED) is 0.450. The zero-order valence-corrected chi connectivity index (χ0v) is 20.5. The van der Waals surface area contributed by atoms with Crippen molar-refractivity contribution in [2.75, 3.05) is 13.9 Å². The zero-order valence-electron chi connectivity index (χ0n) is 20.5. The molecular weight excluding hydrogens is 488 g/mol. The van der Waals surface area contributed by atoms with Gasteiger partial charge in [0.2, 0.25) is 12.7 Å². The lowest BCUT2D eigenvalue weighted by molar-refractivity contribution is -0.148. The standard InChI is InChI=1S/C28H24N4O6/c1-35-24-10-7-20(14-30-24)26-25(27(33)36-15-19-4-2-3-18(11-19)13-29)21(31-28(34)32-26)8-5-17-6-9-22-23(12-17)38-16-37-22/h2-4,6-7,9-12,14,25-26H,5,8,15-16H2,1H3,(H,32,34). The van der Waals surface area contributed by atoms with Gasteiger partial charge in [0.05, 0.1) is 24.8 Å². The predicted molar refractivity (Wildman–Crippen MR) is 135 cm³/mol. The van der Waals surface area contributed by atoms with Gasteiger partial charge < -0.3 is 24.3 Å². The Morgan fingerprint density at radius 1 is 1.11 bits per heavy atom. The maximum Gasteiger partial charge on any atom is 0.341 e. The fourth-order valence-corrected chi connectivity index (χ4v) is 4.44. The van der Waals surface area contributed by atoms with E-state index in [1.54, 1.807) is 42.6 Å². The van der Waals surface area contributed by atoms with Crippen LogP contribution in [-0.2, 0) is 22.6 Å². The Morgan fingerprint density at radius 2 is 1.97 bits per heavy atom. The van der Waals surface area contributed by atoms with Crippen molar-refractivity contribution in [2.24, 2.45) is 10.9 Å². The van der Waals surface area contributed by atoms with Gasteiger partial charge in [-0.3, -0.25) is 4.79 Å². The van der Waals surface area contributed by atoms with E-state index in [1.165, 1.54) is 7.11 Å². The number of aromatic nitrogens is 1. The Balaban J connectivity index is 1.40. The number of hydrogen-bond acceptors (Lipinski definition) is 8. The molecule has 0 bridgehead atoms. The second kappa shape index (κ2) is 11.0. The molecule has 5 rings (SSSR count). The first-order valence-electron chi connectivity index (χ1n) is 12.0. The maximum atomic E-state index is 13.5. The summed E-state index contributed by atoms with van der Waals surface area (Å²) in [7, 11) is 1.51. The van der Waals surface area contributed by atoms with Crippen LogP contribution in [0.25, 0.3) is 0 Å². The number of aryl methyl sites for hydroxylation is 1. The molecule has 3 aromatic rings. The van der Waals surface area contributed by atoms with Gasteiger partial charge in [-0.05, 0) is 53.8 Å². The molecule has 192 valence electrons. The maximum absolute atomic E-state index is 13.5. The van der Waals surface area contributed by atoms with Gasteiger partial charge in [-0.25, -0.2) is 14.8 Å². The van der Waals surface area contributed by atoms with Crippen LogP contribution in [0.15, 0.2) is 65.8 Å². The topological polar surface area (TPSA) is 132 Å². The minimum atomic E-state index is -0.879. The molecule has 38 heavy (non-hydrogen) atoms. The fourth-order valence-electron chi connectivity index (χ4n) is 4.44. The van der Waals surface area contributed by atoms with Crippen LogP contribution in [0.5, 0.6) is 17.4 Å². The van der Waals surface area contributed by atoms with Gasteiger partial charge in [0.15, 0.2) is 11.5 Å². The van der Waals surface area contributed by atoms with Gasteiger partial charge >= 0.3 is 12.0 Å². The van der Waals surface area contributed by atoms with E-state index in [1.807, 2.05) is 18.2 Å². The normalized spacial score (nSPS) is 17.7. The van der Waals surface area contributed by atoms with Gasteiger partial charge in [-0.15, -0.1) is 0 Å². The van der Waals surface area contributed by atoms with Gasteiger partial charge in [0, 0.05) is 18.0 Å². The lowest BCUT2D eigenvalue weighted by atomic mass is 9.85. The van der Waals surface area contributed by atoms with E-state index in [0.717, 1.165) is 5.56 Å². The average molecular weight is 513 g/mol. The van der Waals surface area contributed by atoms with Crippen LogP contribution in [0.3, 0.4) is 0 Å². The summed E-state index contributed by atoms with van der Waals surface area (Å²) in [5.74, 6) is 0.318. The van der Waals surface area contributed by atoms with Crippen molar-refractivity contribution in [2.45, 2.75) is 25.5 Å². The minimum Gasteiger partial charge on any atom is -0.481 e. The molecule has 1 N–H and O–H groups in total. The number of carbonyl (C=O) groups is 2. The van der Waals surface area contributed by atoms with Gasteiger partial charge in [0.25, 0.3) is 0 Å². The highest BCUT2D eigenvalue weighted by Crippen LogP contribution is 2.34. The number of carbonyl (C=O) groups excluding carboxylic acids is 2. The molecule has 0 aliphatic carbocycles. The Morgan fingerprint density at radius 3 is 2.76 bits per heavy atom. The van der Waals surface area contributed by atoms with Crippen LogP contribution in [0.1, 0.15) is 34.7 Å². The molecule has 2 unspecified atom stereocenters. The highest BCUT2D eigenvalue weighted by atomic mass is 16.7. The molecule has 2 aliphatic rings. The molecule has 10 heteroatoms. The summed E-state index contributed by atoms with van der Waals surface area (Å²) in [6.07, 6.45) is 2.42. The Hall–Kier alpha value is -4.91. The Bertz CT molecular complexity index is 1430. The Labute approximate surface area is 218 Å². The number of benzene rings is 2. The molecule has 2 amide bonds. The second-order valence-electron chi connectivity index (χ2n) is 8.75. The summed E-state index contributed by atoms with van der Waals surface area (Å²) >= 11 is 0. The van der Waals surface area contributed by atoms with E-state index in [0.29, 0.717) is 52.6 Å². The van der Waals surface area contributed by atoms with Crippen LogP contribution in [0.4, 0.5) is 4.79 Å². The third-order valence-corrected chi connectivity index (χ3v) is 6.34. The first kappa shape index (κ1) is 24.8. The van der Waals surface area contributed by atoms with Crippen molar-refractivity contribution in [3.63, 3.8) is 0 Å². The van der Waals surface area contributed by atoms with E-state index < -0.39 is 24.0 Å². The molecule has 0 fully saturated rings.